The number of hydrogen-bond donors (Lipinski definition) is 1. The van der Waals surface area contributed by atoms with Gasteiger partial charge in [-0.1, -0.05) is 6.07 Å². The average Bonchev–Trinajstić information content (AvgIpc) is 3.05. The molecule has 0 aromatic heterocycles. The molecule has 6 heteroatoms. The second-order valence-electron chi connectivity index (χ2n) is 5.18. The normalized spacial score (nSPS) is 26.1. The zero-order chi connectivity index (χ0) is 14.1. The molecule has 0 spiro atoms. The molecule has 2 atom stereocenters. The van der Waals surface area contributed by atoms with Gasteiger partial charge in [0.25, 0.3) is 0 Å². The Labute approximate surface area is 125 Å². The number of benzene rings is 1. The smallest absolute Gasteiger partial charge is 0.192 e. The van der Waals surface area contributed by atoms with Gasteiger partial charge in [-0.05, 0) is 46.5 Å². The molecule has 0 bridgehead atoms. The highest BCUT2D eigenvalue weighted by molar-refractivity contribution is 9.10. The molecule has 1 saturated heterocycles. The van der Waals surface area contributed by atoms with Gasteiger partial charge in [0.1, 0.15) is 5.82 Å². The van der Waals surface area contributed by atoms with E-state index in [1.54, 1.807) is 12.1 Å². The summed E-state index contributed by atoms with van der Waals surface area (Å²) in [7, 11) is 0. The van der Waals surface area contributed by atoms with Gasteiger partial charge in [-0.25, -0.2) is 4.39 Å². The van der Waals surface area contributed by atoms with Crippen LogP contribution in [0.5, 0.6) is 0 Å². The number of nitrogens with two attached hydrogens (primary N) is 1. The Morgan fingerprint density at radius 3 is 3.05 bits per heavy atom. The van der Waals surface area contributed by atoms with Crippen molar-refractivity contribution in [1.82, 2.24) is 4.90 Å². The van der Waals surface area contributed by atoms with Crippen LogP contribution < -0.4 is 5.73 Å². The largest absolute Gasteiger partial charge is 0.376 e. The van der Waals surface area contributed by atoms with E-state index in [4.69, 9.17) is 10.5 Å². The standard InChI is InChI=1S/C14H17BrFN3O/c15-11-6-9(3-4-12(11)16)13-7-18-14(17)19(13)8-10-2-1-5-20-10/h3-4,6,10,13H,1-2,5,7-8H2,(H2,17,18). The molecular formula is C14H17BrFN3O. The molecule has 2 N–H and O–H groups in total. The SMILES string of the molecule is NC1=NCC(c2ccc(F)c(Br)c2)N1CC1CCCO1. The Morgan fingerprint density at radius 2 is 2.35 bits per heavy atom. The van der Waals surface area contributed by atoms with Crippen LogP contribution in [0, 0.1) is 5.82 Å². The molecule has 0 amide bonds. The molecule has 1 fully saturated rings. The fourth-order valence-electron chi connectivity index (χ4n) is 2.76. The number of ether oxygens (including phenoxy) is 1. The van der Waals surface area contributed by atoms with Crippen molar-refractivity contribution in [1.29, 1.82) is 0 Å². The summed E-state index contributed by atoms with van der Waals surface area (Å²) in [5.41, 5.74) is 7.00. The first-order chi connectivity index (χ1) is 9.65. The molecule has 20 heavy (non-hydrogen) atoms. The summed E-state index contributed by atoms with van der Waals surface area (Å²) in [6.07, 6.45) is 2.37. The Morgan fingerprint density at radius 1 is 1.50 bits per heavy atom. The summed E-state index contributed by atoms with van der Waals surface area (Å²) in [6.45, 7) is 2.17. The maximum atomic E-state index is 13.4. The van der Waals surface area contributed by atoms with Gasteiger partial charge in [-0.3, -0.25) is 4.99 Å². The third kappa shape index (κ3) is 2.67. The summed E-state index contributed by atoms with van der Waals surface area (Å²) in [5, 5.41) is 0. The summed E-state index contributed by atoms with van der Waals surface area (Å²) < 4.78 is 19.5. The molecule has 2 aliphatic heterocycles. The van der Waals surface area contributed by atoms with E-state index in [0.29, 0.717) is 17.0 Å². The quantitative estimate of drug-likeness (QED) is 0.918. The van der Waals surface area contributed by atoms with E-state index in [0.717, 1.165) is 31.6 Å². The van der Waals surface area contributed by atoms with Crippen molar-refractivity contribution in [2.24, 2.45) is 10.7 Å². The third-order valence-corrected chi connectivity index (χ3v) is 4.46. The van der Waals surface area contributed by atoms with Crippen molar-refractivity contribution in [3.8, 4) is 0 Å². The lowest BCUT2D eigenvalue weighted by molar-refractivity contribution is 0.0852. The molecule has 108 valence electrons. The first-order valence-corrected chi connectivity index (χ1v) is 7.57. The number of hydrogen-bond acceptors (Lipinski definition) is 4. The molecule has 2 aliphatic rings. The van der Waals surface area contributed by atoms with Gasteiger partial charge >= 0.3 is 0 Å². The van der Waals surface area contributed by atoms with Crippen LogP contribution >= 0.6 is 15.9 Å². The average molecular weight is 342 g/mol. The number of aliphatic imine (C=N–C) groups is 1. The molecule has 2 heterocycles. The number of guanidine groups is 1. The van der Waals surface area contributed by atoms with Crippen LogP contribution in [0.3, 0.4) is 0 Å². The summed E-state index contributed by atoms with van der Waals surface area (Å²) in [4.78, 5) is 6.39. The predicted octanol–water partition coefficient (Wildman–Crippen LogP) is 2.44. The van der Waals surface area contributed by atoms with E-state index in [1.807, 2.05) is 0 Å². The maximum Gasteiger partial charge on any atom is 0.192 e. The van der Waals surface area contributed by atoms with Gasteiger partial charge in [0.2, 0.25) is 0 Å². The summed E-state index contributed by atoms with van der Waals surface area (Å²) in [6, 6.07) is 5.13. The highest BCUT2D eigenvalue weighted by Gasteiger charge is 2.31. The van der Waals surface area contributed by atoms with Crippen LogP contribution in [0.2, 0.25) is 0 Å². The minimum Gasteiger partial charge on any atom is -0.376 e. The van der Waals surface area contributed by atoms with Crippen molar-refractivity contribution in [2.45, 2.75) is 25.0 Å². The fraction of sp³-hybridized carbons (Fsp3) is 0.500. The number of rotatable bonds is 3. The number of nitrogens with zero attached hydrogens (tertiary/aromatic N) is 2. The third-order valence-electron chi connectivity index (χ3n) is 3.85. The lowest BCUT2D eigenvalue weighted by atomic mass is 10.1. The van der Waals surface area contributed by atoms with Gasteiger partial charge in [-0.2, -0.15) is 0 Å². The minimum absolute atomic E-state index is 0.0658. The van der Waals surface area contributed by atoms with Crippen LogP contribution in [0.1, 0.15) is 24.4 Å². The Balaban J connectivity index is 1.78. The molecular weight excluding hydrogens is 325 g/mol. The van der Waals surface area contributed by atoms with E-state index >= 15 is 0 Å². The van der Waals surface area contributed by atoms with Crippen LogP contribution in [0.15, 0.2) is 27.7 Å². The van der Waals surface area contributed by atoms with E-state index in [9.17, 15) is 4.39 Å². The van der Waals surface area contributed by atoms with Gasteiger partial charge in [0.05, 0.1) is 23.2 Å². The lowest BCUT2D eigenvalue weighted by Gasteiger charge is -2.29. The van der Waals surface area contributed by atoms with Crippen LogP contribution in [-0.4, -0.2) is 36.7 Å². The molecule has 1 aromatic rings. The zero-order valence-corrected chi connectivity index (χ0v) is 12.6. The fourth-order valence-corrected chi connectivity index (χ4v) is 3.16. The maximum absolute atomic E-state index is 13.4. The van der Waals surface area contributed by atoms with Crippen molar-refractivity contribution in [3.63, 3.8) is 0 Å². The van der Waals surface area contributed by atoms with E-state index < -0.39 is 0 Å². The van der Waals surface area contributed by atoms with Crippen LogP contribution in [0.25, 0.3) is 0 Å². The van der Waals surface area contributed by atoms with Gasteiger partial charge < -0.3 is 15.4 Å². The Bertz CT molecular complexity index is 531. The van der Waals surface area contributed by atoms with Crippen molar-refractivity contribution in [2.75, 3.05) is 19.7 Å². The van der Waals surface area contributed by atoms with E-state index in [1.165, 1.54) is 6.07 Å². The number of halogens is 2. The summed E-state index contributed by atoms with van der Waals surface area (Å²) in [5.74, 6) is 0.289. The highest BCUT2D eigenvalue weighted by atomic mass is 79.9. The molecule has 3 rings (SSSR count). The van der Waals surface area contributed by atoms with E-state index in [-0.39, 0.29) is 18.0 Å². The van der Waals surface area contributed by atoms with Gasteiger partial charge in [0, 0.05) is 13.2 Å². The molecule has 2 unspecified atom stereocenters. The molecule has 0 saturated carbocycles. The zero-order valence-electron chi connectivity index (χ0n) is 11.1. The second kappa shape index (κ2) is 5.69. The summed E-state index contributed by atoms with van der Waals surface area (Å²) >= 11 is 3.23. The Kier molecular flexibility index (Phi) is 3.94. The first kappa shape index (κ1) is 13.8. The van der Waals surface area contributed by atoms with Crippen molar-refractivity contribution in [3.05, 3.63) is 34.1 Å². The van der Waals surface area contributed by atoms with E-state index in [2.05, 4.69) is 25.8 Å². The van der Waals surface area contributed by atoms with Crippen LogP contribution in [-0.2, 0) is 4.74 Å². The predicted molar refractivity (Wildman–Crippen MR) is 79.0 cm³/mol. The molecule has 0 radical (unpaired) electrons. The minimum atomic E-state index is -0.258. The van der Waals surface area contributed by atoms with Crippen molar-refractivity contribution >= 4 is 21.9 Å². The molecule has 4 nitrogen and oxygen atoms in total. The topological polar surface area (TPSA) is 50.8 Å². The van der Waals surface area contributed by atoms with Gasteiger partial charge in [-0.15, -0.1) is 0 Å². The van der Waals surface area contributed by atoms with Crippen molar-refractivity contribution < 1.29 is 9.13 Å². The lowest BCUT2D eigenvalue weighted by Crippen LogP contribution is -2.41. The molecule has 1 aromatic carbocycles. The van der Waals surface area contributed by atoms with Gasteiger partial charge in [0.15, 0.2) is 5.96 Å². The second-order valence-corrected chi connectivity index (χ2v) is 6.03. The van der Waals surface area contributed by atoms with Crippen LogP contribution in [0.4, 0.5) is 4.39 Å². The Hall–Kier alpha value is -1.14. The highest BCUT2D eigenvalue weighted by Crippen LogP contribution is 2.30. The molecule has 0 aliphatic carbocycles. The monoisotopic (exact) mass is 341 g/mol. The first-order valence-electron chi connectivity index (χ1n) is 6.78.